The van der Waals surface area contributed by atoms with Gasteiger partial charge < -0.3 is 19.2 Å². The molecule has 0 atom stereocenters. The second-order valence-corrected chi connectivity index (χ2v) is 10.5. The highest BCUT2D eigenvalue weighted by Crippen LogP contribution is 2.37. The molecule has 0 unspecified atom stereocenters. The molecule has 0 aliphatic heterocycles. The standard InChI is InChI=1S/C33H27BrClN3O5/c1-3-41-27-15-14-21(16-28(27)42-4-2)33(40)43-26-13-9-8-12-22(26)19-36-38-32(39)31-29(20-10-6-5-7-11-20)24-17-23(34)18-25(35)30(24)37-31/h5-19,37H,3-4H2,1-2H3,(H,38,39). The summed E-state index contributed by atoms with van der Waals surface area (Å²) in [5.74, 6) is 0.221. The molecule has 0 fully saturated rings. The number of esters is 1. The number of carbonyl (C=O) groups excluding carboxylic acids is 2. The zero-order valence-corrected chi connectivity index (χ0v) is 25.7. The number of hydrogen-bond acceptors (Lipinski definition) is 6. The summed E-state index contributed by atoms with van der Waals surface area (Å²) in [6, 6.07) is 25.0. The fourth-order valence-electron chi connectivity index (χ4n) is 4.53. The van der Waals surface area contributed by atoms with Crippen LogP contribution in [0.1, 0.15) is 40.3 Å². The number of rotatable bonds is 10. The van der Waals surface area contributed by atoms with Crippen molar-refractivity contribution in [2.24, 2.45) is 5.10 Å². The van der Waals surface area contributed by atoms with Gasteiger partial charge in [-0.05, 0) is 61.9 Å². The molecule has 0 aliphatic rings. The average molecular weight is 661 g/mol. The minimum absolute atomic E-state index is 0.268. The van der Waals surface area contributed by atoms with Gasteiger partial charge in [0.2, 0.25) is 0 Å². The van der Waals surface area contributed by atoms with Gasteiger partial charge in [-0.1, -0.05) is 70.0 Å². The van der Waals surface area contributed by atoms with Crippen molar-refractivity contribution in [2.75, 3.05) is 13.2 Å². The molecule has 0 bridgehead atoms. The first-order valence-corrected chi connectivity index (χ1v) is 14.7. The Kier molecular flexibility index (Phi) is 9.44. The van der Waals surface area contributed by atoms with Crippen LogP contribution in [-0.2, 0) is 0 Å². The number of halogens is 2. The highest BCUT2D eigenvalue weighted by Gasteiger charge is 2.21. The fourth-order valence-corrected chi connectivity index (χ4v) is 5.38. The molecule has 0 radical (unpaired) electrons. The molecule has 0 saturated heterocycles. The molecule has 5 aromatic rings. The van der Waals surface area contributed by atoms with Gasteiger partial charge in [0.25, 0.3) is 5.91 Å². The van der Waals surface area contributed by atoms with E-state index in [1.165, 1.54) is 6.21 Å². The van der Waals surface area contributed by atoms with Crippen molar-refractivity contribution in [1.29, 1.82) is 0 Å². The number of fused-ring (bicyclic) bond motifs is 1. The molecule has 2 N–H and O–H groups in total. The van der Waals surface area contributed by atoms with Crippen molar-refractivity contribution in [1.82, 2.24) is 10.4 Å². The molecule has 43 heavy (non-hydrogen) atoms. The lowest BCUT2D eigenvalue weighted by Crippen LogP contribution is -2.19. The summed E-state index contributed by atoms with van der Waals surface area (Å²) < 4.78 is 17.7. The van der Waals surface area contributed by atoms with Crippen LogP contribution in [0.4, 0.5) is 0 Å². The van der Waals surface area contributed by atoms with E-state index in [2.05, 4.69) is 31.4 Å². The smallest absolute Gasteiger partial charge is 0.343 e. The number of ether oxygens (including phenoxy) is 3. The molecular weight excluding hydrogens is 634 g/mol. The van der Waals surface area contributed by atoms with E-state index in [9.17, 15) is 9.59 Å². The van der Waals surface area contributed by atoms with Gasteiger partial charge in [-0.2, -0.15) is 5.10 Å². The van der Waals surface area contributed by atoms with E-state index in [0.717, 1.165) is 15.4 Å². The number of carbonyl (C=O) groups is 2. The number of amides is 1. The largest absolute Gasteiger partial charge is 0.490 e. The first-order chi connectivity index (χ1) is 20.9. The lowest BCUT2D eigenvalue weighted by atomic mass is 10.0. The number of nitrogens with one attached hydrogen (secondary N) is 2. The van der Waals surface area contributed by atoms with E-state index >= 15 is 0 Å². The van der Waals surface area contributed by atoms with Crippen molar-refractivity contribution in [3.8, 4) is 28.4 Å². The number of hydrazone groups is 1. The van der Waals surface area contributed by atoms with Crippen LogP contribution >= 0.6 is 27.5 Å². The van der Waals surface area contributed by atoms with Gasteiger partial charge in [0.05, 0.1) is 35.5 Å². The summed E-state index contributed by atoms with van der Waals surface area (Å²) in [4.78, 5) is 29.6. The number of aromatic nitrogens is 1. The quantitative estimate of drug-likeness (QED) is 0.0684. The Morgan fingerprint density at radius 2 is 1.63 bits per heavy atom. The van der Waals surface area contributed by atoms with E-state index in [4.69, 9.17) is 25.8 Å². The predicted octanol–water partition coefficient (Wildman–Crippen LogP) is 8.03. The summed E-state index contributed by atoms with van der Waals surface area (Å²) >= 11 is 9.99. The normalized spacial score (nSPS) is 11.1. The second-order valence-electron chi connectivity index (χ2n) is 9.21. The highest BCUT2D eigenvalue weighted by atomic mass is 79.9. The van der Waals surface area contributed by atoms with Crippen molar-refractivity contribution in [3.63, 3.8) is 0 Å². The number of nitrogens with zero attached hydrogens (tertiary/aromatic N) is 1. The van der Waals surface area contributed by atoms with Gasteiger partial charge in [-0.15, -0.1) is 0 Å². The molecule has 10 heteroatoms. The third-order valence-electron chi connectivity index (χ3n) is 6.38. The first kappa shape index (κ1) is 29.9. The molecular formula is C33H27BrClN3O5. The van der Waals surface area contributed by atoms with Crippen molar-refractivity contribution >= 4 is 56.5 Å². The van der Waals surface area contributed by atoms with E-state index in [0.29, 0.717) is 57.6 Å². The van der Waals surface area contributed by atoms with Crippen LogP contribution in [0.25, 0.3) is 22.0 Å². The van der Waals surface area contributed by atoms with Crippen LogP contribution in [-0.4, -0.2) is 36.3 Å². The summed E-state index contributed by atoms with van der Waals surface area (Å²) in [5, 5.41) is 5.42. The molecule has 5 rings (SSSR count). The number of aromatic amines is 1. The van der Waals surface area contributed by atoms with Crippen molar-refractivity contribution in [2.45, 2.75) is 13.8 Å². The van der Waals surface area contributed by atoms with Gasteiger partial charge in [0, 0.05) is 21.0 Å². The molecule has 0 spiro atoms. The Morgan fingerprint density at radius 3 is 2.40 bits per heavy atom. The summed E-state index contributed by atoms with van der Waals surface area (Å²) in [6.45, 7) is 4.60. The summed E-state index contributed by atoms with van der Waals surface area (Å²) in [6.07, 6.45) is 1.42. The topological polar surface area (TPSA) is 102 Å². The summed E-state index contributed by atoms with van der Waals surface area (Å²) in [5.41, 5.74) is 5.84. The zero-order valence-electron chi connectivity index (χ0n) is 23.3. The van der Waals surface area contributed by atoms with Gasteiger partial charge in [-0.3, -0.25) is 4.79 Å². The Balaban J connectivity index is 1.37. The van der Waals surface area contributed by atoms with E-state index in [-0.39, 0.29) is 5.75 Å². The van der Waals surface area contributed by atoms with Gasteiger partial charge in [-0.25, -0.2) is 10.2 Å². The van der Waals surface area contributed by atoms with Crippen LogP contribution in [0.2, 0.25) is 5.02 Å². The van der Waals surface area contributed by atoms with Crippen molar-refractivity contribution < 1.29 is 23.8 Å². The third kappa shape index (κ3) is 6.74. The lowest BCUT2D eigenvalue weighted by molar-refractivity contribution is 0.0733. The predicted molar refractivity (Wildman–Crippen MR) is 172 cm³/mol. The Labute approximate surface area is 261 Å². The monoisotopic (exact) mass is 659 g/mol. The molecule has 1 amide bonds. The number of hydrogen-bond donors (Lipinski definition) is 2. The van der Waals surface area contributed by atoms with Crippen LogP contribution in [0.3, 0.4) is 0 Å². The minimum atomic E-state index is -0.581. The molecule has 1 aromatic heterocycles. The lowest BCUT2D eigenvalue weighted by Gasteiger charge is -2.12. The Hall–Kier alpha value is -4.60. The molecule has 1 heterocycles. The molecule has 0 saturated carbocycles. The van der Waals surface area contributed by atoms with E-state index in [1.54, 1.807) is 48.5 Å². The van der Waals surface area contributed by atoms with E-state index in [1.807, 2.05) is 50.2 Å². The van der Waals surface area contributed by atoms with Crippen LogP contribution in [0, 0.1) is 0 Å². The highest BCUT2D eigenvalue weighted by molar-refractivity contribution is 9.10. The van der Waals surface area contributed by atoms with Crippen molar-refractivity contribution in [3.05, 3.63) is 111 Å². The number of H-pyrrole nitrogens is 1. The first-order valence-electron chi connectivity index (χ1n) is 13.5. The molecule has 8 nitrogen and oxygen atoms in total. The number of para-hydroxylation sites is 1. The van der Waals surface area contributed by atoms with Crippen LogP contribution < -0.4 is 19.6 Å². The van der Waals surface area contributed by atoms with Crippen LogP contribution in [0.15, 0.2) is 94.5 Å². The third-order valence-corrected chi connectivity index (χ3v) is 7.14. The van der Waals surface area contributed by atoms with Crippen LogP contribution in [0.5, 0.6) is 17.2 Å². The fraction of sp³-hybridized carbons (Fsp3) is 0.121. The molecule has 4 aromatic carbocycles. The SMILES string of the molecule is CCOc1ccc(C(=O)Oc2ccccc2C=NNC(=O)c2[nH]c3c(Cl)cc(Br)cc3c2-c2ccccc2)cc1OCC. The zero-order chi connectivity index (χ0) is 30.3. The minimum Gasteiger partial charge on any atom is -0.490 e. The van der Waals surface area contributed by atoms with Gasteiger partial charge >= 0.3 is 5.97 Å². The second kappa shape index (κ2) is 13.6. The maximum atomic E-state index is 13.4. The maximum absolute atomic E-state index is 13.4. The Morgan fingerprint density at radius 1 is 0.907 bits per heavy atom. The maximum Gasteiger partial charge on any atom is 0.343 e. The summed E-state index contributed by atoms with van der Waals surface area (Å²) in [7, 11) is 0. The average Bonchev–Trinajstić information content (AvgIpc) is 3.39. The van der Waals surface area contributed by atoms with Gasteiger partial charge in [0.1, 0.15) is 11.4 Å². The van der Waals surface area contributed by atoms with E-state index < -0.39 is 11.9 Å². The molecule has 0 aliphatic carbocycles. The number of benzene rings is 4. The van der Waals surface area contributed by atoms with Gasteiger partial charge in [0.15, 0.2) is 11.5 Å². The molecule has 218 valence electrons. The Bertz CT molecular complexity index is 1820.